The summed E-state index contributed by atoms with van der Waals surface area (Å²) in [5.74, 6) is 0. The van der Waals surface area contributed by atoms with Crippen LogP contribution in [0, 0.1) is 6.92 Å². The van der Waals surface area contributed by atoms with Gasteiger partial charge in [0, 0.05) is 21.9 Å². The maximum atomic E-state index is 3.53. The van der Waals surface area contributed by atoms with Crippen LogP contribution in [0.5, 0.6) is 0 Å². The molecule has 0 saturated carbocycles. The summed E-state index contributed by atoms with van der Waals surface area (Å²) in [5, 5.41) is 3.53. The van der Waals surface area contributed by atoms with E-state index in [9.17, 15) is 0 Å². The molecule has 2 heteroatoms. The predicted molar refractivity (Wildman–Crippen MR) is 88.3 cm³/mol. The molecule has 0 fully saturated rings. The van der Waals surface area contributed by atoms with Crippen molar-refractivity contribution < 1.29 is 0 Å². The summed E-state index contributed by atoms with van der Waals surface area (Å²) in [6.45, 7) is 9.69. The fourth-order valence-corrected chi connectivity index (χ4v) is 2.82. The molecule has 0 amide bonds. The molecule has 0 spiro atoms. The molecule has 1 nitrogen and oxygen atoms in total. The summed E-state index contributed by atoms with van der Waals surface area (Å²) in [4.78, 5) is 2.62. The topological polar surface area (TPSA) is 12.0 Å². The molecule has 20 heavy (non-hydrogen) atoms. The molecule has 0 saturated heterocycles. The third kappa shape index (κ3) is 4.69. The molecule has 0 aliphatic rings. The molecule has 2 aromatic rings. The van der Waals surface area contributed by atoms with Crippen molar-refractivity contribution in [1.29, 1.82) is 0 Å². The molecular weight excluding hydrogens is 262 g/mol. The van der Waals surface area contributed by atoms with Crippen molar-refractivity contribution in [3.63, 3.8) is 0 Å². The third-order valence-electron chi connectivity index (χ3n) is 3.03. The lowest BCUT2D eigenvalue weighted by Crippen LogP contribution is -2.35. The highest BCUT2D eigenvalue weighted by molar-refractivity contribution is 7.99. The van der Waals surface area contributed by atoms with Gasteiger partial charge in [-0.25, -0.2) is 0 Å². The van der Waals surface area contributed by atoms with E-state index in [-0.39, 0.29) is 5.54 Å². The second-order valence-corrected chi connectivity index (χ2v) is 7.23. The zero-order chi connectivity index (χ0) is 14.6. The van der Waals surface area contributed by atoms with Gasteiger partial charge in [0.2, 0.25) is 0 Å². The highest BCUT2D eigenvalue weighted by Crippen LogP contribution is 2.30. The van der Waals surface area contributed by atoms with Crippen LogP contribution in [0.15, 0.2) is 58.3 Å². The average molecular weight is 285 g/mol. The zero-order valence-electron chi connectivity index (χ0n) is 12.7. The van der Waals surface area contributed by atoms with E-state index in [1.54, 1.807) is 0 Å². The molecule has 0 aliphatic heterocycles. The standard InChI is InChI=1S/C18H23NS/c1-14-12-15(13-19-18(2,3)4)10-11-17(14)20-16-8-6-5-7-9-16/h5-12,19H,13H2,1-4H3. The molecule has 1 N–H and O–H groups in total. The maximum Gasteiger partial charge on any atom is 0.0210 e. The van der Waals surface area contributed by atoms with Crippen molar-refractivity contribution >= 4 is 11.8 Å². The summed E-state index contributed by atoms with van der Waals surface area (Å²) in [6.07, 6.45) is 0. The van der Waals surface area contributed by atoms with Crippen LogP contribution in [0.2, 0.25) is 0 Å². The van der Waals surface area contributed by atoms with Gasteiger partial charge in [-0.2, -0.15) is 0 Å². The van der Waals surface area contributed by atoms with Crippen LogP contribution < -0.4 is 5.32 Å². The first-order valence-electron chi connectivity index (χ1n) is 7.01. The Labute approximate surface area is 126 Å². The fraction of sp³-hybridized carbons (Fsp3) is 0.333. The Morgan fingerprint density at radius 1 is 1.00 bits per heavy atom. The second kappa shape index (κ2) is 6.47. The quantitative estimate of drug-likeness (QED) is 0.845. The monoisotopic (exact) mass is 285 g/mol. The Bertz CT molecular complexity index is 555. The fourth-order valence-electron chi connectivity index (χ4n) is 1.92. The lowest BCUT2D eigenvalue weighted by Gasteiger charge is -2.21. The molecule has 106 valence electrons. The van der Waals surface area contributed by atoms with Gasteiger partial charge in [-0.1, -0.05) is 42.1 Å². The molecule has 0 heterocycles. The maximum absolute atomic E-state index is 3.53. The van der Waals surface area contributed by atoms with E-state index in [4.69, 9.17) is 0 Å². The third-order valence-corrected chi connectivity index (χ3v) is 4.22. The molecule has 2 aromatic carbocycles. The molecule has 0 aliphatic carbocycles. The molecule has 0 aromatic heterocycles. The normalized spacial score (nSPS) is 11.6. The predicted octanol–water partition coefficient (Wildman–Crippen LogP) is 5.03. The Kier molecular flexibility index (Phi) is 4.90. The number of benzene rings is 2. The van der Waals surface area contributed by atoms with Crippen LogP contribution in [0.4, 0.5) is 0 Å². The van der Waals surface area contributed by atoms with Gasteiger partial charge in [-0.05, 0) is 57.0 Å². The first kappa shape index (κ1) is 15.1. The smallest absolute Gasteiger partial charge is 0.0210 e. The van der Waals surface area contributed by atoms with E-state index >= 15 is 0 Å². The lowest BCUT2D eigenvalue weighted by atomic mass is 10.1. The number of aryl methyl sites for hydroxylation is 1. The van der Waals surface area contributed by atoms with Crippen molar-refractivity contribution in [1.82, 2.24) is 5.32 Å². The number of hydrogen-bond donors (Lipinski definition) is 1. The van der Waals surface area contributed by atoms with Crippen molar-refractivity contribution in [3.05, 3.63) is 59.7 Å². The van der Waals surface area contributed by atoms with Gasteiger partial charge in [0.05, 0.1) is 0 Å². The minimum Gasteiger partial charge on any atom is -0.308 e. The molecule has 0 unspecified atom stereocenters. The van der Waals surface area contributed by atoms with E-state index < -0.39 is 0 Å². The highest BCUT2D eigenvalue weighted by atomic mass is 32.2. The van der Waals surface area contributed by atoms with E-state index in [1.807, 2.05) is 11.8 Å². The van der Waals surface area contributed by atoms with Crippen LogP contribution in [-0.2, 0) is 6.54 Å². The van der Waals surface area contributed by atoms with Crippen LogP contribution in [0.25, 0.3) is 0 Å². The Morgan fingerprint density at radius 2 is 1.70 bits per heavy atom. The molecular formula is C18H23NS. The molecule has 2 rings (SSSR count). The van der Waals surface area contributed by atoms with Crippen molar-refractivity contribution in [2.75, 3.05) is 0 Å². The summed E-state index contributed by atoms with van der Waals surface area (Å²) in [5.41, 5.74) is 2.84. The van der Waals surface area contributed by atoms with Crippen LogP contribution in [0.1, 0.15) is 31.9 Å². The van der Waals surface area contributed by atoms with E-state index in [0.29, 0.717) is 0 Å². The Hall–Kier alpha value is -1.25. The van der Waals surface area contributed by atoms with Gasteiger partial charge in [0.25, 0.3) is 0 Å². The van der Waals surface area contributed by atoms with Gasteiger partial charge < -0.3 is 5.32 Å². The SMILES string of the molecule is Cc1cc(CNC(C)(C)C)ccc1Sc1ccccc1. The van der Waals surface area contributed by atoms with Gasteiger partial charge in [-0.3, -0.25) is 0 Å². The van der Waals surface area contributed by atoms with Crippen LogP contribution >= 0.6 is 11.8 Å². The molecule has 0 bridgehead atoms. The minimum absolute atomic E-state index is 0.158. The lowest BCUT2D eigenvalue weighted by molar-refractivity contribution is 0.424. The van der Waals surface area contributed by atoms with Gasteiger partial charge >= 0.3 is 0 Å². The number of hydrogen-bond acceptors (Lipinski definition) is 2. The van der Waals surface area contributed by atoms with Gasteiger partial charge in [0.1, 0.15) is 0 Å². The van der Waals surface area contributed by atoms with Crippen molar-refractivity contribution in [2.45, 2.75) is 49.6 Å². The first-order valence-corrected chi connectivity index (χ1v) is 7.83. The van der Waals surface area contributed by atoms with Gasteiger partial charge in [-0.15, -0.1) is 0 Å². The Balaban J connectivity index is 2.06. The van der Waals surface area contributed by atoms with E-state index in [1.165, 1.54) is 20.9 Å². The summed E-state index contributed by atoms with van der Waals surface area (Å²) in [7, 11) is 0. The molecule has 0 atom stereocenters. The van der Waals surface area contributed by atoms with Crippen molar-refractivity contribution in [3.8, 4) is 0 Å². The summed E-state index contributed by atoms with van der Waals surface area (Å²) >= 11 is 1.83. The van der Waals surface area contributed by atoms with Crippen molar-refractivity contribution in [2.24, 2.45) is 0 Å². The minimum atomic E-state index is 0.158. The van der Waals surface area contributed by atoms with E-state index in [0.717, 1.165) is 6.54 Å². The zero-order valence-corrected chi connectivity index (χ0v) is 13.6. The first-order chi connectivity index (χ1) is 9.44. The molecule has 0 radical (unpaired) electrons. The van der Waals surface area contributed by atoms with Crippen LogP contribution in [0.3, 0.4) is 0 Å². The Morgan fingerprint density at radius 3 is 2.30 bits per heavy atom. The second-order valence-electron chi connectivity index (χ2n) is 6.12. The summed E-state index contributed by atoms with van der Waals surface area (Å²) < 4.78 is 0. The average Bonchev–Trinajstić information content (AvgIpc) is 2.40. The summed E-state index contributed by atoms with van der Waals surface area (Å²) in [6, 6.07) is 17.3. The van der Waals surface area contributed by atoms with Gasteiger partial charge in [0.15, 0.2) is 0 Å². The highest BCUT2D eigenvalue weighted by Gasteiger charge is 2.09. The number of rotatable bonds is 4. The van der Waals surface area contributed by atoms with Crippen LogP contribution in [-0.4, -0.2) is 5.54 Å². The number of nitrogens with one attached hydrogen (secondary N) is 1. The largest absolute Gasteiger partial charge is 0.308 e. The van der Waals surface area contributed by atoms with E-state index in [2.05, 4.69) is 81.5 Å².